The molecular weight excluding hydrogens is 380 g/mol. The molecule has 0 saturated heterocycles. The summed E-state index contributed by atoms with van der Waals surface area (Å²) in [5.74, 6) is 0. The van der Waals surface area contributed by atoms with E-state index in [2.05, 4.69) is 84.5 Å². The van der Waals surface area contributed by atoms with Gasteiger partial charge in [0.25, 0.3) is 0 Å². The molecular formula is C16H16Br2N2. The van der Waals surface area contributed by atoms with E-state index >= 15 is 0 Å². The molecule has 0 radical (unpaired) electrons. The van der Waals surface area contributed by atoms with Crippen molar-refractivity contribution in [2.24, 2.45) is 0 Å². The fourth-order valence-electron chi connectivity index (χ4n) is 2.55. The van der Waals surface area contributed by atoms with Gasteiger partial charge in [-0.25, -0.2) is 0 Å². The molecule has 0 spiro atoms. The van der Waals surface area contributed by atoms with Crippen LogP contribution in [-0.4, -0.2) is 13.1 Å². The number of para-hydroxylation sites is 1. The number of anilines is 1. The van der Waals surface area contributed by atoms with Crippen molar-refractivity contribution in [1.29, 1.82) is 0 Å². The van der Waals surface area contributed by atoms with Crippen molar-refractivity contribution in [3.05, 3.63) is 62.5 Å². The van der Waals surface area contributed by atoms with Gasteiger partial charge in [-0.3, -0.25) is 0 Å². The zero-order valence-corrected chi connectivity index (χ0v) is 14.2. The highest BCUT2D eigenvalue weighted by Crippen LogP contribution is 2.27. The molecule has 4 heteroatoms. The topological polar surface area (TPSA) is 15.3 Å². The molecule has 0 aromatic heterocycles. The quantitative estimate of drug-likeness (QED) is 0.814. The van der Waals surface area contributed by atoms with E-state index in [0.29, 0.717) is 0 Å². The van der Waals surface area contributed by atoms with Crippen LogP contribution in [0.1, 0.15) is 11.1 Å². The summed E-state index contributed by atoms with van der Waals surface area (Å²) in [6.45, 7) is 3.94. The molecule has 0 unspecified atom stereocenters. The van der Waals surface area contributed by atoms with Crippen LogP contribution in [0.3, 0.4) is 0 Å². The van der Waals surface area contributed by atoms with E-state index in [1.165, 1.54) is 16.8 Å². The van der Waals surface area contributed by atoms with Crippen LogP contribution in [0.4, 0.5) is 5.69 Å². The maximum atomic E-state index is 3.58. The Hall–Kier alpha value is -0.840. The Bertz CT molecular complexity index is 613. The van der Waals surface area contributed by atoms with Gasteiger partial charge in [0.1, 0.15) is 0 Å². The molecule has 0 saturated carbocycles. The van der Waals surface area contributed by atoms with Gasteiger partial charge in [0, 0.05) is 40.8 Å². The van der Waals surface area contributed by atoms with Crippen molar-refractivity contribution in [1.82, 2.24) is 5.32 Å². The second-order valence-electron chi connectivity index (χ2n) is 4.98. The summed E-state index contributed by atoms with van der Waals surface area (Å²) in [5, 5.41) is 3.48. The maximum absolute atomic E-state index is 3.58. The third kappa shape index (κ3) is 3.08. The van der Waals surface area contributed by atoms with Crippen molar-refractivity contribution in [2.45, 2.75) is 13.1 Å². The monoisotopic (exact) mass is 394 g/mol. The average Bonchev–Trinajstić information content (AvgIpc) is 2.66. The molecule has 1 N–H and O–H groups in total. The first-order valence-corrected chi connectivity index (χ1v) is 8.30. The van der Waals surface area contributed by atoms with E-state index < -0.39 is 0 Å². The number of fused-ring (bicyclic) bond motifs is 1. The number of nitrogens with one attached hydrogen (secondary N) is 1. The zero-order valence-electron chi connectivity index (χ0n) is 11.1. The Morgan fingerprint density at radius 1 is 1.05 bits per heavy atom. The lowest BCUT2D eigenvalue weighted by Gasteiger charge is -2.24. The summed E-state index contributed by atoms with van der Waals surface area (Å²) in [6.07, 6.45) is 0. The Kier molecular flexibility index (Phi) is 4.44. The molecule has 2 nitrogen and oxygen atoms in total. The lowest BCUT2D eigenvalue weighted by Crippen LogP contribution is -2.28. The zero-order chi connectivity index (χ0) is 13.9. The predicted octanol–water partition coefficient (Wildman–Crippen LogP) is 4.32. The molecule has 1 aliphatic rings. The standard InChI is InChI=1S/C16H16Br2N2/c17-14-6-5-12(9-15(14)18)11-20-8-7-19-10-13-3-1-2-4-16(13)20/h1-6,9,19H,7-8,10-11H2. The minimum atomic E-state index is 0.935. The molecule has 0 amide bonds. The van der Waals surface area contributed by atoms with Gasteiger partial charge in [0.05, 0.1) is 0 Å². The molecule has 0 atom stereocenters. The fraction of sp³-hybridized carbons (Fsp3) is 0.250. The Labute approximate surface area is 136 Å². The highest BCUT2D eigenvalue weighted by atomic mass is 79.9. The third-order valence-electron chi connectivity index (χ3n) is 3.56. The molecule has 2 aromatic carbocycles. The Morgan fingerprint density at radius 2 is 1.90 bits per heavy atom. The van der Waals surface area contributed by atoms with Crippen LogP contribution in [-0.2, 0) is 13.1 Å². The maximum Gasteiger partial charge on any atom is 0.0430 e. The number of nitrogens with zero attached hydrogens (tertiary/aromatic N) is 1. The molecule has 1 heterocycles. The number of rotatable bonds is 2. The van der Waals surface area contributed by atoms with Crippen LogP contribution < -0.4 is 10.2 Å². The van der Waals surface area contributed by atoms with Crippen LogP contribution >= 0.6 is 31.9 Å². The smallest absolute Gasteiger partial charge is 0.0430 e. The van der Waals surface area contributed by atoms with E-state index in [1.54, 1.807) is 0 Å². The van der Waals surface area contributed by atoms with E-state index in [-0.39, 0.29) is 0 Å². The minimum Gasteiger partial charge on any atom is -0.366 e. The Morgan fingerprint density at radius 3 is 2.75 bits per heavy atom. The highest BCUT2D eigenvalue weighted by Gasteiger charge is 2.14. The molecule has 0 bridgehead atoms. The third-order valence-corrected chi connectivity index (χ3v) is 5.44. The lowest BCUT2D eigenvalue weighted by atomic mass is 10.1. The van der Waals surface area contributed by atoms with E-state index in [9.17, 15) is 0 Å². The molecule has 104 valence electrons. The van der Waals surface area contributed by atoms with Gasteiger partial charge in [0.15, 0.2) is 0 Å². The van der Waals surface area contributed by atoms with Crippen LogP contribution in [0.25, 0.3) is 0 Å². The second kappa shape index (κ2) is 6.29. The summed E-state index contributed by atoms with van der Waals surface area (Å²) in [7, 11) is 0. The molecule has 0 aliphatic carbocycles. The Balaban J connectivity index is 1.88. The summed E-state index contributed by atoms with van der Waals surface area (Å²) < 4.78 is 2.20. The first kappa shape index (κ1) is 14.1. The summed E-state index contributed by atoms with van der Waals surface area (Å²) in [6, 6.07) is 15.1. The fourth-order valence-corrected chi connectivity index (χ4v) is 3.22. The van der Waals surface area contributed by atoms with Crippen LogP contribution in [0.15, 0.2) is 51.4 Å². The first-order chi connectivity index (χ1) is 9.74. The van der Waals surface area contributed by atoms with Crippen molar-refractivity contribution in [3.8, 4) is 0 Å². The molecule has 1 aliphatic heterocycles. The van der Waals surface area contributed by atoms with Gasteiger partial charge in [0.2, 0.25) is 0 Å². The van der Waals surface area contributed by atoms with Crippen molar-refractivity contribution in [2.75, 3.05) is 18.0 Å². The van der Waals surface area contributed by atoms with Crippen LogP contribution in [0, 0.1) is 0 Å². The SMILES string of the molecule is Brc1ccc(CN2CCNCc3ccccc32)cc1Br. The predicted molar refractivity (Wildman–Crippen MR) is 91.0 cm³/mol. The largest absolute Gasteiger partial charge is 0.366 e. The minimum absolute atomic E-state index is 0.935. The molecule has 20 heavy (non-hydrogen) atoms. The number of halogens is 2. The van der Waals surface area contributed by atoms with Crippen molar-refractivity contribution in [3.63, 3.8) is 0 Å². The first-order valence-electron chi connectivity index (χ1n) is 6.71. The second-order valence-corrected chi connectivity index (χ2v) is 6.68. The number of hydrogen-bond donors (Lipinski definition) is 1. The lowest BCUT2D eigenvalue weighted by molar-refractivity contribution is 0.688. The van der Waals surface area contributed by atoms with Gasteiger partial charge >= 0.3 is 0 Å². The molecule has 3 rings (SSSR count). The summed E-state index contributed by atoms with van der Waals surface area (Å²) in [5.41, 5.74) is 4.04. The van der Waals surface area contributed by atoms with Crippen LogP contribution in [0.5, 0.6) is 0 Å². The normalized spacial score (nSPS) is 14.8. The molecule has 0 fully saturated rings. The number of benzene rings is 2. The van der Waals surface area contributed by atoms with E-state index in [0.717, 1.165) is 35.1 Å². The van der Waals surface area contributed by atoms with Gasteiger partial charge in [-0.05, 0) is 61.2 Å². The summed E-state index contributed by atoms with van der Waals surface area (Å²) >= 11 is 7.10. The summed E-state index contributed by atoms with van der Waals surface area (Å²) in [4.78, 5) is 2.45. The van der Waals surface area contributed by atoms with Crippen molar-refractivity contribution < 1.29 is 0 Å². The van der Waals surface area contributed by atoms with Gasteiger partial charge in [-0.2, -0.15) is 0 Å². The van der Waals surface area contributed by atoms with Gasteiger partial charge in [-0.1, -0.05) is 24.3 Å². The average molecular weight is 396 g/mol. The van der Waals surface area contributed by atoms with Crippen LogP contribution in [0.2, 0.25) is 0 Å². The van der Waals surface area contributed by atoms with Crippen molar-refractivity contribution >= 4 is 37.5 Å². The van der Waals surface area contributed by atoms with Gasteiger partial charge in [-0.15, -0.1) is 0 Å². The number of hydrogen-bond acceptors (Lipinski definition) is 2. The van der Waals surface area contributed by atoms with E-state index in [1.807, 2.05) is 0 Å². The van der Waals surface area contributed by atoms with Gasteiger partial charge < -0.3 is 10.2 Å². The van der Waals surface area contributed by atoms with E-state index in [4.69, 9.17) is 0 Å². The highest BCUT2D eigenvalue weighted by molar-refractivity contribution is 9.13. The molecule has 2 aromatic rings.